The van der Waals surface area contributed by atoms with E-state index in [4.69, 9.17) is 4.74 Å². The van der Waals surface area contributed by atoms with Crippen LogP contribution in [0, 0.1) is 6.92 Å². The predicted molar refractivity (Wildman–Crippen MR) is 120 cm³/mol. The lowest BCUT2D eigenvalue weighted by Gasteiger charge is -2.10. The number of pyridine rings is 2. The number of nitrogens with zero attached hydrogens (tertiary/aromatic N) is 4. The maximum absolute atomic E-state index is 12.9. The van der Waals surface area contributed by atoms with Crippen LogP contribution in [0.5, 0.6) is 5.75 Å². The summed E-state index contributed by atoms with van der Waals surface area (Å²) in [5.74, 6) is 1.20. The number of rotatable bonds is 4. The van der Waals surface area contributed by atoms with Gasteiger partial charge in [0, 0.05) is 5.39 Å². The minimum atomic E-state index is -0.239. The molecule has 152 valence electrons. The van der Waals surface area contributed by atoms with Crippen molar-refractivity contribution in [3.05, 3.63) is 84.4 Å². The molecule has 3 aromatic heterocycles. The van der Waals surface area contributed by atoms with Crippen molar-refractivity contribution in [3.63, 3.8) is 0 Å². The van der Waals surface area contributed by atoms with Gasteiger partial charge in [0.1, 0.15) is 17.9 Å². The average molecular weight is 409 g/mol. The molecular formula is C24H19N5O2. The van der Waals surface area contributed by atoms with E-state index in [-0.39, 0.29) is 5.91 Å². The van der Waals surface area contributed by atoms with E-state index < -0.39 is 0 Å². The van der Waals surface area contributed by atoms with Crippen molar-refractivity contribution in [1.82, 2.24) is 19.5 Å². The van der Waals surface area contributed by atoms with Gasteiger partial charge in [-0.25, -0.2) is 9.97 Å². The molecule has 3 heterocycles. The molecule has 1 N–H and O–H groups in total. The van der Waals surface area contributed by atoms with Gasteiger partial charge in [0.05, 0.1) is 46.8 Å². The second-order valence-electron chi connectivity index (χ2n) is 7.14. The topological polar surface area (TPSA) is 81.9 Å². The molecule has 1 amide bonds. The number of nitrogens with one attached hydrogen (secondary N) is 1. The summed E-state index contributed by atoms with van der Waals surface area (Å²) in [5, 5.41) is 3.75. The van der Waals surface area contributed by atoms with Crippen molar-refractivity contribution in [1.29, 1.82) is 0 Å². The number of aryl methyl sites for hydroxylation is 1. The van der Waals surface area contributed by atoms with Gasteiger partial charge in [-0.2, -0.15) is 0 Å². The highest BCUT2D eigenvalue weighted by Crippen LogP contribution is 2.23. The number of amides is 1. The van der Waals surface area contributed by atoms with Gasteiger partial charge in [0.25, 0.3) is 5.91 Å². The Morgan fingerprint density at radius 1 is 1.00 bits per heavy atom. The summed E-state index contributed by atoms with van der Waals surface area (Å²) in [6.07, 6.45) is 3.37. The maximum Gasteiger partial charge on any atom is 0.257 e. The van der Waals surface area contributed by atoms with Gasteiger partial charge >= 0.3 is 0 Å². The van der Waals surface area contributed by atoms with Crippen LogP contribution in [0.4, 0.5) is 5.69 Å². The third-order valence-corrected chi connectivity index (χ3v) is 5.16. The van der Waals surface area contributed by atoms with E-state index >= 15 is 0 Å². The number of fused-ring (bicyclic) bond motifs is 2. The quantitative estimate of drug-likeness (QED) is 0.471. The minimum absolute atomic E-state index is 0.239. The molecule has 0 fully saturated rings. The van der Waals surface area contributed by atoms with E-state index in [0.717, 1.165) is 33.5 Å². The Bertz CT molecular complexity index is 1420. The molecule has 0 saturated heterocycles. The Morgan fingerprint density at radius 3 is 2.68 bits per heavy atom. The standard InChI is InChI=1S/C24H19N5O2/c1-15-19(12-16-11-18(31-2)8-9-20(16)27-15)24(30)28-17-7-10-23(25-13-17)29-14-26-21-5-3-4-6-22(21)29/h3-14H,1-2H3,(H,28,30). The third-order valence-electron chi connectivity index (χ3n) is 5.16. The zero-order chi connectivity index (χ0) is 21.4. The van der Waals surface area contributed by atoms with Crippen LogP contribution in [-0.4, -0.2) is 32.5 Å². The molecule has 7 nitrogen and oxygen atoms in total. The summed E-state index contributed by atoms with van der Waals surface area (Å²) >= 11 is 0. The summed E-state index contributed by atoms with van der Waals surface area (Å²) in [4.78, 5) is 26.3. The first-order chi connectivity index (χ1) is 15.1. The molecule has 0 spiro atoms. The number of anilines is 1. The molecule has 5 aromatic rings. The molecule has 0 saturated carbocycles. The summed E-state index contributed by atoms with van der Waals surface area (Å²) in [5.41, 5.74) is 4.45. The highest BCUT2D eigenvalue weighted by molar-refractivity contribution is 6.06. The highest BCUT2D eigenvalue weighted by Gasteiger charge is 2.13. The Morgan fingerprint density at radius 2 is 1.87 bits per heavy atom. The number of hydrogen-bond acceptors (Lipinski definition) is 5. The number of methoxy groups -OCH3 is 1. The number of hydrogen-bond donors (Lipinski definition) is 1. The van der Waals surface area contributed by atoms with Crippen LogP contribution in [0.1, 0.15) is 16.1 Å². The first-order valence-corrected chi connectivity index (χ1v) is 9.77. The van der Waals surface area contributed by atoms with Crippen molar-refractivity contribution in [2.75, 3.05) is 12.4 Å². The predicted octanol–water partition coefficient (Wildman–Crippen LogP) is 4.54. The van der Waals surface area contributed by atoms with Crippen LogP contribution >= 0.6 is 0 Å². The molecule has 0 aliphatic carbocycles. The lowest BCUT2D eigenvalue weighted by molar-refractivity contribution is 0.102. The molecule has 0 aliphatic heterocycles. The van der Waals surface area contributed by atoms with E-state index in [1.165, 1.54) is 0 Å². The molecule has 0 atom stereocenters. The summed E-state index contributed by atoms with van der Waals surface area (Å²) < 4.78 is 7.18. The van der Waals surface area contributed by atoms with Gasteiger partial charge < -0.3 is 10.1 Å². The van der Waals surface area contributed by atoms with Gasteiger partial charge in [-0.05, 0) is 55.5 Å². The number of ether oxygens (including phenoxy) is 1. The fourth-order valence-electron chi connectivity index (χ4n) is 3.55. The Balaban J connectivity index is 1.41. The van der Waals surface area contributed by atoms with Gasteiger partial charge in [0.15, 0.2) is 0 Å². The van der Waals surface area contributed by atoms with E-state index in [1.54, 1.807) is 19.6 Å². The molecule has 0 bridgehead atoms. The molecule has 31 heavy (non-hydrogen) atoms. The Hall–Kier alpha value is -4.26. The average Bonchev–Trinajstić information content (AvgIpc) is 3.23. The zero-order valence-corrected chi connectivity index (χ0v) is 17.0. The SMILES string of the molecule is COc1ccc2nc(C)c(C(=O)Nc3ccc(-n4cnc5ccccc54)nc3)cc2c1. The lowest BCUT2D eigenvalue weighted by Crippen LogP contribution is -2.14. The minimum Gasteiger partial charge on any atom is -0.497 e. The molecule has 0 unspecified atom stereocenters. The van der Waals surface area contributed by atoms with Crippen LogP contribution in [0.2, 0.25) is 0 Å². The van der Waals surface area contributed by atoms with E-state index in [1.807, 2.05) is 72.2 Å². The molecule has 5 rings (SSSR count). The first kappa shape index (κ1) is 18.7. The normalized spacial score (nSPS) is 11.0. The fourth-order valence-corrected chi connectivity index (χ4v) is 3.55. The number of imidazole rings is 1. The second kappa shape index (κ2) is 7.53. The van der Waals surface area contributed by atoms with Gasteiger partial charge in [-0.1, -0.05) is 12.1 Å². The van der Waals surface area contributed by atoms with Crippen molar-refractivity contribution < 1.29 is 9.53 Å². The molecule has 0 radical (unpaired) electrons. The summed E-state index contributed by atoms with van der Waals surface area (Å²) in [7, 11) is 1.61. The third kappa shape index (κ3) is 3.46. The van der Waals surface area contributed by atoms with Gasteiger partial charge in [0.2, 0.25) is 0 Å². The van der Waals surface area contributed by atoms with Crippen LogP contribution in [0.25, 0.3) is 27.8 Å². The second-order valence-corrected chi connectivity index (χ2v) is 7.14. The number of para-hydroxylation sites is 2. The zero-order valence-electron chi connectivity index (χ0n) is 17.0. The van der Waals surface area contributed by atoms with Crippen molar-refractivity contribution >= 4 is 33.5 Å². The molecule has 2 aromatic carbocycles. The van der Waals surface area contributed by atoms with E-state index in [2.05, 4.69) is 20.3 Å². The summed E-state index contributed by atoms with van der Waals surface area (Å²) in [6.45, 7) is 1.82. The lowest BCUT2D eigenvalue weighted by atomic mass is 10.1. The summed E-state index contributed by atoms with van der Waals surface area (Å²) in [6, 6.07) is 19.0. The van der Waals surface area contributed by atoms with Crippen LogP contribution in [0.15, 0.2) is 73.2 Å². The fraction of sp³-hybridized carbons (Fsp3) is 0.0833. The van der Waals surface area contributed by atoms with E-state index in [0.29, 0.717) is 16.9 Å². The van der Waals surface area contributed by atoms with Crippen LogP contribution < -0.4 is 10.1 Å². The number of aromatic nitrogens is 4. The Labute approximate surface area is 178 Å². The van der Waals surface area contributed by atoms with Crippen LogP contribution in [0.3, 0.4) is 0 Å². The number of benzene rings is 2. The largest absolute Gasteiger partial charge is 0.497 e. The molecular weight excluding hydrogens is 390 g/mol. The van der Waals surface area contributed by atoms with Gasteiger partial charge in [-0.15, -0.1) is 0 Å². The molecule has 7 heteroatoms. The molecule has 0 aliphatic rings. The number of carbonyl (C=O) groups is 1. The van der Waals surface area contributed by atoms with E-state index in [9.17, 15) is 4.79 Å². The highest BCUT2D eigenvalue weighted by atomic mass is 16.5. The first-order valence-electron chi connectivity index (χ1n) is 9.77. The smallest absolute Gasteiger partial charge is 0.257 e. The van der Waals surface area contributed by atoms with Crippen molar-refractivity contribution in [2.45, 2.75) is 6.92 Å². The maximum atomic E-state index is 12.9. The number of carbonyl (C=O) groups excluding carboxylic acids is 1. The van der Waals surface area contributed by atoms with Crippen LogP contribution in [-0.2, 0) is 0 Å². The van der Waals surface area contributed by atoms with Crippen molar-refractivity contribution in [2.24, 2.45) is 0 Å². The van der Waals surface area contributed by atoms with Crippen molar-refractivity contribution in [3.8, 4) is 11.6 Å². The van der Waals surface area contributed by atoms with Gasteiger partial charge in [-0.3, -0.25) is 14.3 Å². The Kier molecular flexibility index (Phi) is 4.55. The monoisotopic (exact) mass is 409 g/mol.